The molecule has 3 aromatic rings. The van der Waals surface area contributed by atoms with Gasteiger partial charge in [0.2, 0.25) is 0 Å². The van der Waals surface area contributed by atoms with E-state index in [1.54, 1.807) is 0 Å². The summed E-state index contributed by atoms with van der Waals surface area (Å²) in [5.74, 6) is -0.211. The van der Waals surface area contributed by atoms with Crippen LogP contribution in [-0.4, -0.2) is 6.67 Å². The number of rotatable bonds is 2. The van der Waals surface area contributed by atoms with E-state index in [4.69, 9.17) is 0 Å². The number of aryl methyl sites for hydroxylation is 1. The summed E-state index contributed by atoms with van der Waals surface area (Å²) in [6.07, 6.45) is 0. The van der Waals surface area contributed by atoms with Crippen LogP contribution in [0.3, 0.4) is 0 Å². The van der Waals surface area contributed by atoms with Crippen LogP contribution >= 0.6 is 0 Å². The topological polar surface area (TPSA) is 6.48 Å². The Labute approximate surface area is 135 Å². The second kappa shape index (κ2) is 5.43. The first-order valence-electron chi connectivity index (χ1n) is 7.69. The van der Waals surface area contributed by atoms with Gasteiger partial charge in [-0.05, 0) is 55.5 Å². The van der Waals surface area contributed by atoms with Crippen molar-refractivity contribution in [1.82, 2.24) is 0 Å². The Hall–Kier alpha value is -2.81. The smallest absolute Gasteiger partial charge is 0.123 e. The lowest BCUT2D eigenvalue weighted by Crippen LogP contribution is -2.23. The Kier molecular flexibility index (Phi) is 3.27. The van der Waals surface area contributed by atoms with Crippen molar-refractivity contribution in [3.63, 3.8) is 0 Å². The van der Waals surface area contributed by atoms with Gasteiger partial charge in [-0.3, -0.25) is 0 Å². The van der Waals surface area contributed by atoms with E-state index in [0.29, 0.717) is 6.67 Å². The molecule has 1 heterocycles. The molecule has 23 heavy (non-hydrogen) atoms. The number of para-hydroxylation sites is 2. The first-order chi connectivity index (χ1) is 11.2. The molecule has 114 valence electrons. The fraction of sp³-hybridized carbons (Fsp3) is 0.100. The molecule has 0 atom stereocenters. The Morgan fingerprint density at radius 1 is 0.696 bits per heavy atom. The number of benzene rings is 3. The van der Waals surface area contributed by atoms with Gasteiger partial charge in [0.15, 0.2) is 0 Å². The second-order valence-corrected chi connectivity index (χ2v) is 5.80. The Bertz CT molecular complexity index is 755. The van der Waals surface area contributed by atoms with Crippen molar-refractivity contribution < 1.29 is 4.39 Å². The molecule has 0 unspecified atom stereocenters. The second-order valence-electron chi connectivity index (χ2n) is 5.80. The quantitative estimate of drug-likeness (QED) is 0.627. The number of halogens is 1. The van der Waals surface area contributed by atoms with Gasteiger partial charge >= 0.3 is 0 Å². The molecule has 0 N–H and O–H groups in total. The predicted molar refractivity (Wildman–Crippen MR) is 93.2 cm³/mol. The molecule has 0 saturated carbocycles. The molecule has 0 amide bonds. The summed E-state index contributed by atoms with van der Waals surface area (Å²) >= 11 is 0. The monoisotopic (exact) mass is 304 g/mol. The van der Waals surface area contributed by atoms with Crippen LogP contribution in [-0.2, 0) is 0 Å². The van der Waals surface area contributed by atoms with Gasteiger partial charge in [0.25, 0.3) is 0 Å². The van der Waals surface area contributed by atoms with Crippen LogP contribution < -0.4 is 9.80 Å². The zero-order valence-corrected chi connectivity index (χ0v) is 12.9. The average molecular weight is 304 g/mol. The van der Waals surface area contributed by atoms with Gasteiger partial charge < -0.3 is 9.80 Å². The Morgan fingerprint density at radius 2 is 1.17 bits per heavy atom. The van der Waals surface area contributed by atoms with Crippen LogP contribution in [0.5, 0.6) is 0 Å². The molecule has 3 aromatic carbocycles. The van der Waals surface area contributed by atoms with Crippen LogP contribution in [0.4, 0.5) is 27.1 Å². The third kappa shape index (κ3) is 2.44. The van der Waals surface area contributed by atoms with Crippen LogP contribution in [0.25, 0.3) is 0 Å². The highest BCUT2D eigenvalue weighted by molar-refractivity contribution is 5.86. The standard InChI is InChI=1S/C20H17FN2/c1-15-6-10-17(11-7-15)22-14-23(18-12-8-16(21)9-13-18)20-5-3-2-4-19(20)22/h2-13H,14H2,1H3. The lowest BCUT2D eigenvalue weighted by Gasteiger charge is -2.22. The van der Waals surface area contributed by atoms with Crippen LogP contribution in [0.2, 0.25) is 0 Å². The maximum absolute atomic E-state index is 13.2. The minimum atomic E-state index is -0.211. The normalized spacial score (nSPS) is 13.3. The first kappa shape index (κ1) is 13.8. The fourth-order valence-electron chi connectivity index (χ4n) is 3.00. The lowest BCUT2D eigenvalue weighted by molar-refractivity contribution is 0.628. The largest absolute Gasteiger partial charge is 0.321 e. The van der Waals surface area contributed by atoms with E-state index >= 15 is 0 Å². The van der Waals surface area contributed by atoms with E-state index in [1.165, 1.54) is 23.4 Å². The van der Waals surface area contributed by atoms with Crippen molar-refractivity contribution in [3.8, 4) is 0 Å². The summed E-state index contributed by atoms with van der Waals surface area (Å²) in [4.78, 5) is 4.48. The highest BCUT2D eigenvalue weighted by Crippen LogP contribution is 2.43. The zero-order chi connectivity index (χ0) is 15.8. The van der Waals surface area contributed by atoms with E-state index < -0.39 is 0 Å². The van der Waals surface area contributed by atoms with Crippen molar-refractivity contribution in [3.05, 3.63) is 84.2 Å². The molecule has 0 saturated heterocycles. The predicted octanol–water partition coefficient (Wildman–Crippen LogP) is 5.38. The minimum absolute atomic E-state index is 0.211. The van der Waals surface area contributed by atoms with Crippen LogP contribution in [0.15, 0.2) is 72.8 Å². The number of anilines is 4. The van der Waals surface area contributed by atoms with Crippen molar-refractivity contribution in [1.29, 1.82) is 0 Å². The summed E-state index contributed by atoms with van der Waals surface area (Å²) < 4.78 is 13.2. The van der Waals surface area contributed by atoms with Gasteiger partial charge in [-0.25, -0.2) is 4.39 Å². The van der Waals surface area contributed by atoms with E-state index in [9.17, 15) is 4.39 Å². The van der Waals surface area contributed by atoms with E-state index in [2.05, 4.69) is 53.1 Å². The van der Waals surface area contributed by atoms with E-state index in [0.717, 1.165) is 17.1 Å². The van der Waals surface area contributed by atoms with Gasteiger partial charge in [-0.15, -0.1) is 0 Å². The van der Waals surface area contributed by atoms with Gasteiger partial charge in [0.1, 0.15) is 12.5 Å². The van der Waals surface area contributed by atoms with Gasteiger partial charge in [0.05, 0.1) is 11.4 Å². The van der Waals surface area contributed by atoms with Crippen LogP contribution in [0, 0.1) is 12.7 Å². The van der Waals surface area contributed by atoms with Crippen molar-refractivity contribution in [2.45, 2.75) is 6.92 Å². The molecule has 3 heteroatoms. The highest BCUT2D eigenvalue weighted by Gasteiger charge is 2.27. The molecule has 1 aliphatic rings. The van der Waals surface area contributed by atoms with Crippen molar-refractivity contribution in [2.24, 2.45) is 0 Å². The van der Waals surface area contributed by atoms with Gasteiger partial charge in [-0.1, -0.05) is 29.8 Å². The number of fused-ring (bicyclic) bond motifs is 1. The summed E-state index contributed by atoms with van der Waals surface area (Å²) in [5, 5.41) is 0. The first-order valence-corrected chi connectivity index (χ1v) is 7.69. The van der Waals surface area contributed by atoms with E-state index in [1.807, 2.05) is 24.3 Å². The SMILES string of the molecule is Cc1ccc(N2CN(c3ccc(F)cc3)c3ccccc32)cc1. The molecule has 0 spiro atoms. The summed E-state index contributed by atoms with van der Waals surface area (Å²) in [7, 11) is 0. The molecule has 0 fully saturated rings. The molecular weight excluding hydrogens is 287 g/mol. The number of nitrogens with zero attached hydrogens (tertiary/aromatic N) is 2. The molecule has 1 aliphatic heterocycles. The number of hydrogen-bond donors (Lipinski definition) is 0. The van der Waals surface area contributed by atoms with E-state index in [-0.39, 0.29) is 5.82 Å². The summed E-state index contributed by atoms with van der Waals surface area (Å²) in [6, 6.07) is 23.5. The third-order valence-corrected chi connectivity index (χ3v) is 4.23. The van der Waals surface area contributed by atoms with Gasteiger partial charge in [0, 0.05) is 11.4 Å². The Balaban J connectivity index is 1.77. The summed E-state index contributed by atoms with van der Waals surface area (Å²) in [6.45, 7) is 2.81. The van der Waals surface area contributed by atoms with Crippen molar-refractivity contribution >= 4 is 22.7 Å². The Morgan fingerprint density at radius 3 is 1.70 bits per heavy atom. The molecule has 0 bridgehead atoms. The molecule has 0 radical (unpaired) electrons. The van der Waals surface area contributed by atoms with Crippen LogP contribution in [0.1, 0.15) is 5.56 Å². The van der Waals surface area contributed by atoms with Crippen molar-refractivity contribution in [2.75, 3.05) is 16.5 Å². The molecule has 0 aromatic heterocycles. The molecule has 2 nitrogen and oxygen atoms in total. The maximum Gasteiger partial charge on any atom is 0.123 e. The molecule has 4 rings (SSSR count). The lowest BCUT2D eigenvalue weighted by atomic mass is 10.2. The third-order valence-electron chi connectivity index (χ3n) is 4.23. The molecule has 0 aliphatic carbocycles. The number of hydrogen-bond acceptors (Lipinski definition) is 2. The molecular formula is C20H17FN2. The van der Waals surface area contributed by atoms with Gasteiger partial charge in [-0.2, -0.15) is 0 Å². The fourth-order valence-corrected chi connectivity index (χ4v) is 3.00. The average Bonchev–Trinajstić information content (AvgIpc) is 2.96. The maximum atomic E-state index is 13.2. The highest BCUT2D eigenvalue weighted by atomic mass is 19.1. The minimum Gasteiger partial charge on any atom is -0.321 e. The summed E-state index contributed by atoms with van der Waals surface area (Å²) in [5.41, 5.74) is 5.71. The zero-order valence-electron chi connectivity index (χ0n) is 12.9.